The lowest BCUT2D eigenvalue weighted by Crippen LogP contribution is -2.51. The zero-order chi connectivity index (χ0) is 14.9. The van der Waals surface area contributed by atoms with E-state index in [1.165, 1.54) is 11.3 Å². The number of carbonyl (C=O) groups excluding carboxylic acids is 2. The van der Waals surface area contributed by atoms with Gasteiger partial charge in [0.05, 0.1) is 17.2 Å². The van der Waals surface area contributed by atoms with E-state index in [0.29, 0.717) is 24.0 Å². The predicted octanol–water partition coefficient (Wildman–Crippen LogP) is 3.29. The summed E-state index contributed by atoms with van der Waals surface area (Å²) in [4.78, 5) is 26.5. The molecule has 1 aromatic rings. The molecular formula is C17H18N2O2. The molecule has 0 spiro atoms. The van der Waals surface area contributed by atoms with Gasteiger partial charge in [-0.15, -0.1) is 0 Å². The number of nitriles is 1. The van der Waals surface area contributed by atoms with Crippen LogP contribution in [0.1, 0.15) is 65.7 Å². The van der Waals surface area contributed by atoms with Gasteiger partial charge in [0.25, 0.3) is 11.8 Å². The van der Waals surface area contributed by atoms with Gasteiger partial charge in [0.1, 0.15) is 5.54 Å². The van der Waals surface area contributed by atoms with Gasteiger partial charge in [-0.2, -0.15) is 5.26 Å². The highest BCUT2D eigenvalue weighted by Gasteiger charge is 2.48. The maximum absolute atomic E-state index is 12.6. The number of nitrogens with zero attached hydrogens (tertiary/aromatic N) is 2. The van der Waals surface area contributed by atoms with Gasteiger partial charge in [0, 0.05) is 0 Å². The molecule has 1 fully saturated rings. The summed E-state index contributed by atoms with van der Waals surface area (Å²) in [5, 5.41) is 9.74. The highest BCUT2D eigenvalue weighted by atomic mass is 16.2. The highest BCUT2D eigenvalue weighted by Crippen LogP contribution is 2.37. The Morgan fingerprint density at radius 2 is 1.38 bits per heavy atom. The van der Waals surface area contributed by atoms with Crippen LogP contribution in [0.15, 0.2) is 24.3 Å². The third-order valence-corrected chi connectivity index (χ3v) is 4.61. The van der Waals surface area contributed by atoms with Crippen molar-refractivity contribution < 1.29 is 9.59 Å². The minimum absolute atomic E-state index is 0.308. The predicted molar refractivity (Wildman–Crippen MR) is 77.6 cm³/mol. The van der Waals surface area contributed by atoms with E-state index in [1.807, 2.05) is 0 Å². The molecule has 1 aliphatic heterocycles. The average molecular weight is 282 g/mol. The molecule has 108 valence electrons. The van der Waals surface area contributed by atoms with Crippen molar-refractivity contribution in [3.05, 3.63) is 35.4 Å². The lowest BCUT2D eigenvalue weighted by Gasteiger charge is -2.35. The van der Waals surface area contributed by atoms with Crippen LogP contribution in [0.3, 0.4) is 0 Å². The SMILES string of the molecule is N#CC1(N2C(=O)c3ccccc3C2=O)CCCCCCC1. The van der Waals surface area contributed by atoms with Crippen molar-refractivity contribution in [2.75, 3.05) is 0 Å². The Morgan fingerprint density at radius 3 is 1.86 bits per heavy atom. The first-order chi connectivity index (χ1) is 10.2. The minimum atomic E-state index is -0.965. The van der Waals surface area contributed by atoms with Gasteiger partial charge in [0.15, 0.2) is 0 Å². The Morgan fingerprint density at radius 1 is 0.905 bits per heavy atom. The van der Waals surface area contributed by atoms with Crippen LogP contribution < -0.4 is 0 Å². The highest BCUT2D eigenvalue weighted by molar-refractivity contribution is 6.22. The zero-order valence-corrected chi connectivity index (χ0v) is 12.0. The van der Waals surface area contributed by atoms with Gasteiger partial charge in [0.2, 0.25) is 0 Å². The topological polar surface area (TPSA) is 61.2 Å². The normalized spacial score (nSPS) is 21.4. The minimum Gasteiger partial charge on any atom is -0.269 e. The molecule has 4 nitrogen and oxygen atoms in total. The Kier molecular flexibility index (Phi) is 3.50. The van der Waals surface area contributed by atoms with Crippen molar-refractivity contribution in [1.82, 2.24) is 4.90 Å². The van der Waals surface area contributed by atoms with Crippen LogP contribution in [0.25, 0.3) is 0 Å². The van der Waals surface area contributed by atoms with E-state index in [-0.39, 0.29) is 11.8 Å². The fourth-order valence-corrected chi connectivity index (χ4v) is 3.45. The van der Waals surface area contributed by atoms with Crippen LogP contribution in [0, 0.1) is 11.3 Å². The van der Waals surface area contributed by atoms with Gasteiger partial charge < -0.3 is 0 Å². The van der Waals surface area contributed by atoms with Crippen molar-refractivity contribution in [1.29, 1.82) is 5.26 Å². The number of carbonyl (C=O) groups is 2. The Labute approximate surface area is 124 Å². The molecule has 0 radical (unpaired) electrons. The molecule has 4 heteroatoms. The Bertz CT molecular complexity index is 587. The first kappa shape index (κ1) is 13.8. The number of rotatable bonds is 1. The smallest absolute Gasteiger partial charge is 0.262 e. The third-order valence-electron chi connectivity index (χ3n) is 4.61. The zero-order valence-electron chi connectivity index (χ0n) is 12.0. The number of amides is 2. The molecule has 0 bridgehead atoms. The first-order valence-corrected chi connectivity index (χ1v) is 7.59. The second-order valence-corrected chi connectivity index (χ2v) is 5.90. The van der Waals surface area contributed by atoms with E-state index in [9.17, 15) is 14.9 Å². The Hall–Kier alpha value is -2.15. The van der Waals surface area contributed by atoms with Crippen LogP contribution in [0.5, 0.6) is 0 Å². The van der Waals surface area contributed by atoms with Gasteiger partial charge in [-0.25, -0.2) is 0 Å². The van der Waals surface area contributed by atoms with Crippen molar-refractivity contribution in [2.24, 2.45) is 0 Å². The number of hydrogen-bond donors (Lipinski definition) is 0. The van der Waals surface area contributed by atoms with E-state index in [2.05, 4.69) is 6.07 Å². The molecule has 1 heterocycles. The largest absolute Gasteiger partial charge is 0.269 e. The van der Waals surface area contributed by atoms with Crippen molar-refractivity contribution in [3.8, 4) is 6.07 Å². The third kappa shape index (κ3) is 2.13. The van der Waals surface area contributed by atoms with Gasteiger partial charge in [-0.05, 0) is 25.0 Å². The fraction of sp³-hybridized carbons (Fsp3) is 0.471. The molecular weight excluding hydrogens is 264 g/mol. The van der Waals surface area contributed by atoms with Crippen LogP contribution in [0.4, 0.5) is 0 Å². The van der Waals surface area contributed by atoms with Crippen molar-refractivity contribution in [2.45, 2.75) is 50.5 Å². The number of benzene rings is 1. The molecule has 21 heavy (non-hydrogen) atoms. The number of hydrogen-bond acceptors (Lipinski definition) is 3. The van der Waals surface area contributed by atoms with Gasteiger partial charge >= 0.3 is 0 Å². The number of imide groups is 1. The standard InChI is InChI=1S/C17H18N2O2/c18-12-17(10-6-2-1-3-7-11-17)19-15(20)13-8-4-5-9-14(13)16(19)21/h4-5,8-9H,1-3,6-7,10-11H2. The molecule has 0 N–H and O–H groups in total. The molecule has 2 amide bonds. The monoisotopic (exact) mass is 282 g/mol. The molecule has 3 rings (SSSR count). The maximum atomic E-state index is 12.6. The van der Waals surface area contributed by atoms with Crippen molar-refractivity contribution >= 4 is 11.8 Å². The van der Waals surface area contributed by atoms with Crippen LogP contribution in [-0.2, 0) is 0 Å². The molecule has 0 atom stereocenters. The summed E-state index contributed by atoms with van der Waals surface area (Å²) in [7, 11) is 0. The van der Waals surface area contributed by atoms with E-state index in [0.717, 1.165) is 25.7 Å². The van der Waals surface area contributed by atoms with Crippen LogP contribution >= 0.6 is 0 Å². The van der Waals surface area contributed by atoms with E-state index in [4.69, 9.17) is 0 Å². The second-order valence-electron chi connectivity index (χ2n) is 5.90. The molecule has 1 saturated carbocycles. The molecule has 0 aromatic heterocycles. The molecule has 2 aliphatic rings. The Balaban J connectivity index is 2.01. The first-order valence-electron chi connectivity index (χ1n) is 7.59. The van der Waals surface area contributed by atoms with Gasteiger partial charge in [-0.1, -0.05) is 44.2 Å². The summed E-state index contributed by atoms with van der Waals surface area (Å²) in [6.45, 7) is 0. The van der Waals surface area contributed by atoms with E-state index >= 15 is 0 Å². The summed E-state index contributed by atoms with van der Waals surface area (Å²) in [5.74, 6) is -0.615. The summed E-state index contributed by atoms with van der Waals surface area (Å²) in [6, 6.07) is 9.16. The van der Waals surface area contributed by atoms with Crippen LogP contribution in [0.2, 0.25) is 0 Å². The molecule has 1 aliphatic carbocycles. The van der Waals surface area contributed by atoms with Crippen molar-refractivity contribution in [3.63, 3.8) is 0 Å². The van der Waals surface area contributed by atoms with E-state index in [1.54, 1.807) is 24.3 Å². The van der Waals surface area contributed by atoms with Crippen LogP contribution in [-0.4, -0.2) is 22.3 Å². The fourth-order valence-electron chi connectivity index (χ4n) is 3.45. The van der Waals surface area contributed by atoms with Gasteiger partial charge in [-0.3, -0.25) is 14.5 Å². The lowest BCUT2D eigenvalue weighted by atomic mass is 9.83. The average Bonchev–Trinajstić information content (AvgIpc) is 2.73. The van der Waals surface area contributed by atoms with E-state index < -0.39 is 5.54 Å². The maximum Gasteiger partial charge on any atom is 0.262 e. The second kappa shape index (κ2) is 5.33. The molecule has 1 aromatic carbocycles. The summed E-state index contributed by atoms with van der Waals surface area (Å²) >= 11 is 0. The summed E-state index contributed by atoms with van der Waals surface area (Å²) < 4.78 is 0. The molecule has 0 saturated heterocycles. The quantitative estimate of drug-likeness (QED) is 0.742. The molecule has 0 unspecified atom stereocenters. The number of fused-ring (bicyclic) bond motifs is 1. The summed E-state index contributed by atoms with van der Waals surface area (Å²) in [6.07, 6.45) is 6.26. The summed E-state index contributed by atoms with van der Waals surface area (Å²) in [5.41, 5.74) is -0.105. The lowest BCUT2D eigenvalue weighted by molar-refractivity contribution is 0.0466.